The Morgan fingerprint density at radius 2 is 2.11 bits per heavy atom. The Morgan fingerprint density at radius 1 is 1.44 bits per heavy atom. The van der Waals surface area contributed by atoms with Crippen molar-refractivity contribution in [1.29, 1.82) is 0 Å². The van der Waals surface area contributed by atoms with E-state index in [1.54, 1.807) is 14.2 Å². The van der Waals surface area contributed by atoms with Gasteiger partial charge in [0.25, 0.3) is 0 Å². The van der Waals surface area contributed by atoms with E-state index in [0.717, 1.165) is 12.8 Å². The molecule has 0 radical (unpaired) electrons. The largest absolute Gasteiger partial charge is 0.383 e. The average Bonchev–Trinajstić information content (AvgIpc) is 2.76. The highest BCUT2D eigenvalue weighted by atomic mass is 32.2. The Hall–Kier alpha value is -0.820. The lowest BCUT2D eigenvalue weighted by atomic mass is 10.2. The van der Waals surface area contributed by atoms with E-state index in [9.17, 15) is 13.2 Å². The van der Waals surface area contributed by atoms with E-state index in [1.165, 1.54) is 11.2 Å². The molecule has 6 nitrogen and oxygen atoms in total. The van der Waals surface area contributed by atoms with Crippen LogP contribution in [0, 0.1) is 0 Å². The fourth-order valence-electron chi connectivity index (χ4n) is 2.38. The van der Waals surface area contributed by atoms with Gasteiger partial charge in [-0.25, -0.2) is 13.2 Å². The zero-order valence-corrected chi connectivity index (χ0v) is 12.0. The van der Waals surface area contributed by atoms with E-state index in [0.29, 0.717) is 19.6 Å². The molecule has 0 spiro atoms. The molecule has 0 aromatic carbocycles. The molecular formula is C11H22N2O4S. The van der Waals surface area contributed by atoms with Gasteiger partial charge in [-0.1, -0.05) is 0 Å². The maximum Gasteiger partial charge on any atom is 0.317 e. The van der Waals surface area contributed by atoms with Crippen LogP contribution < -0.4 is 5.32 Å². The first-order chi connectivity index (χ1) is 8.38. The average molecular weight is 278 g/mol. The quantitative estimate of drug-likeness (QED) is 0.731. The Morgan fingerprint density at radius 3 is 2.67 bits per heavy atom. The van der Waals surface area contributed by atoms with Gasteiger partial charge >= 0.3 is 6.03 Å². The fourth-order valence-corrected chi connectivity index (χ4v) is 3.87. The molecule has 0 aliphatic heterocycles. The number of amides is 2. The minimum absolute atomic E-state index is 0.220. The number of hydrogen-bond acceptors (Lipinski definition) is 4. The first-order valence-corrected chi connectivity index (χ1v) is 8.02. The van der Waals surface area contributed by atoms with Crippen LogP contribution in [0.4, 0.5) is 4.79 Å². The molecular weight excluding hydrogens is 256 g/mol. The van der Waals surface area contributed by atoms with Gasteiger partial charge in [-0.3, -0.25) is 0 Å². The minimum Gasteiger partial charge on any atom is -0.383 e. The second kappa shape index (κ2) is 6.38. The van der Waals surface area contributed by atoms with Gasteiger partial charge in [-0.15, -0.1) is 0 Å². The van der Waals surface area contributed by atoms with E-state index in [4.69, 9.17) is 4.74 Å². The lowest BCUT2D eigenvalue weighted by molar-refractivity contribution is 0.175. The summed E-state index contributed by atoms with van der Waals surface area (Å²) in [6.45, 7) is 0.871. The summed E-state index contributed by atoms with van der Waals surface area (Å²) in [5.41, 5.74) is 0. The highest BCUT2D eigenvalue weighted by Crippen LogP contribution is 2.28. The molecule has 1 aliphatic carbocycles. The first-order valence-electron chi connectivity index (χ1n) is 6.06. The predicted octanol–water partition coefficient (Wildman–Crippen LogP) is 0.240. The molecule has 106 valence electrons. The Bertz CT molecular complexity index is 383. The summed E-state index contributed by atoms with van der Waals surface area (Å²) >= 11 is 0. The van der Waals surface area contributed by atoms with Crippen LogP contribution in [0.15, 0.2) is 0 Å². The maximum atomic E-state index is 11.8. The smallest absolute Gasteiger partial charge is 0.317 e. The van der Waals surface area contributed by atoms with Gasteiger partial charge in [-0.2, -0.15) is 0 Å². The Kier molecular flexibility index (Phi) is 5.40. The van der Waals surface area contributed by atoms with Crippen LogP contribution in [0.3, 0.4) is 0 Å². The number of carbonyl (C=O) groups excluding carboxylic acids is 1. The van der Waals surface area contributed by atoms with Crippen molar-refractivity contribution in [2.24, 2.45) is 0 Å². The highest BCUT2D eigenvalue weighted by molar-refractivity contribution is 7.91. The molecule has 0 bridgehead atoms. The van der Waals surface area contributed by atoms with Gasteiger partial charge in [0.15, 0.2) is 9.84 Å². The number of ether oxygens (including phenoxy) is 1. The molecule has 7 heteroatoms. The normalized spacial score (nSPS) is 23.9. The molecule has 2 unspecified atom stereocenters. The summed E-state index contributed by atoms with van der Waals surface area (Å²) in [4.78, 5) is 13.4. The zero-order valence-electron chi connectivity index (χ0n) is 11.2. The summed E-state index contributed by atoms with van der Waals surface area (Å²) in [5, 5.41) is 2.26. The van der Waals surface area contributed by atoms with E-state index in [2.05, 4.69) is 5.32 Å². The zero-order chi connectivity index (χ0) is 13.8. The number of sulfone groups is 1. The summed E-state index contributed by atoms with van der Waals surface area (Å²) < 4.78 is 28.1. The second-order valence-corrected chi connectivity index (χ2v) is 6.97. The van der Waals surface area contributed by atoms with Crippen LogP contribution in [-0.2, 0) is 14.6 Å². The minimum atomic E-state index is -3.10. The highest BCUT2D eigenvalue weighted by Gasteiger charge is 2.38. The molecule has 2 atom stereocenters. The van der Waals surface area contributed by atoms with E-state index < -0.39 is 15.1 Å². The maximum absolute atomic E-state index is 11.8. The predicted molar refractivity (Wildman–Crippen MR) is 69.3 cm³/mol. The number of hydrogen-bond donors (Lipinski definition) is 1. The summed E-state index contributed by atoms with van der Waals surface area (Å²) in [6, 6.07) is -0.463. The monoisotopic (exact) mass is 278 g/mol. The van der Waals surface area contributed by atoms with E-state index in [-0.39, 0.29) is 12.1 Å². The number of methoxy groups -OCH3 is 1. The third-order valence-electron chi connectivity index (χ3n) is 3.37. The number of nitrogens with one attached hydrogen (secondary N) is 1. The van der Waals surface area contributed by atoms with Gasteiger partial charge in [0, 0.05) is 33.0 Å². The van der Waals surface area contributed by atoms with Crippen molar-refractivity contribution in [3.8, 4) is 0 Å². The van der Waals surface area contributed by atoms with Gasteiger partial charge < -0.3 is 15.0 Å². The lowest BCUT2D eigenvalue weighted by Crippen LogP contribution is -2.49. The third kappa shape index (κ3) is 3.84. The van der Waals surface area contributed by atoms with Crippen LogP contribution in [-0.4, -0.2) is 64.2 Å². The summed E-state index contributed by atoms with van der Waals surface area (Å²) in [5.74, 6) is 0. The molecule has 0 saturated heterocycles. The van der Waals surface area contributed by atoms with Crippen LogP contribution in [0.1, 0.15) is 19.3 Å². The summed E-state index contributed by atoms with van der Waals surface area (Å²) in [6.07, 6.45) is 3.47. The SMILES string of the molecule is COCCNC(=O)N(C)C1CCCC1S(C)(=O)=O. The van der Waals surface area contributed by atoms with Crippen LogP contribution in [0.5, 0.6) is 0 Å². The Balaban J connectivity index is 2.60. The molecule has 2 amide bonds. The van der Waals surface area contributed by atoms with Crippen LogP contribution in [0.25, 0.3) is 0 Å². The summed E-state index contributed by atoms with van der Waals surface area (Å²) in [7, 11) is 0.109. The number of rotatable bonds is 5. The van der Waals surface area contributed by atoms with Gasteiger partial charge in [0.1, 0.15) is 0 Å². The topological polar surface area (TPSA) is 75.7 Å². The molecule has 1 rings (SSSR count). The molecule has 0 heterocycles. The number of urea groups is 1. The van der Waals surface area contributed by atoms with E-state index >= 15 is 0 Å². The third-order valence-corrected chi connectivity index (χ3v) is 5.02. The number of nitrogens with zero attached hydrogens (tertiary/aromatic N) is 1. The molecule has 1 N–H and O–H groups in total. The van der Waals surface area contributed by atoms with Crippen molar-refractivity contribution >= 4 is 15.9 Å². The van der Waals surface area contributed by atoms with Gasteiger partial charge in [0.05, 0.1) is 11.9 Å². The lowest BCUT2D eigenvalue weighted by Gasteiger charge is -2.28. The first kappa shape index (κ1) is 15.2. The van der Waals surface area contributed by atoms with Crippen molar-refractivity contribution in [2.75, 3.05) is 33.6 Å². The van der Waals surface area contributed by atoms with Crippen molar-refractivity contribution in [3.63, 3.8) is 0 Å². The standard InChI is InChI=1S/C11H22N2O4S/c1-13(11(14)12-7-8-17-2)9-5-4-6-10(9)18(3,15)16/h9-10H,4-8H2,1-3H3,(H,12,14). The second-order valence-electron chi connectivity index (χ2n) is 4.70. The van der Waals surface area contributed by atoms with Crippen molar-refractivity contribution < 1.29 is 17.9 Å². The molecule has 1 aliphatic rings. The van der Waals surface area contributed by atoms with Crippen molar-refractivity contribution in [3.05, 3.63) is 0 Å². The van der Waals surface area contributed by atoms with Crippen molar-refractivity contribution in [1.82, 2.24) is 10.2 Å². The number of carbonyl (C=O) groups is 1. The molecule has 1 saturated carbocycles. The molecule has 0 aromatic heterocycles. The van der Waals surface area contributed by atoms with Crippen LogP contribution in [0.2, 0.25) is 0 Å². The van der Waals surface area contributed by atoms with Gasteiger partial charge in [-0.05, 0) is 19.3 Å². The Labute approximate surface area is 109 Å². The van der Waals surface area contributed by atoms with E-state index in [1.807, 2.05) is 0 Å². The molecule has 0 aromatic rings. The fraction of sp³-hybridized carbons (Fsp3) is 0.909. The van der Waals surface area contributed by atoms with Gasteiger partial charge in [0.2, 0.25) is 0 Å². The molecule has 1 fully saturated rings. The molecule has 18 heavy (non-hydrogen) atoms. The van der Waals surface area contributed by atoms with Crippen molar-refractivity contribution in [2.45, 2.75) is 30.6 Å². The van der Waals surface area contributed by atoms with Crippen LogP contribution >= 0.6 is 0 Å².